The monoisotopic (exact) mass is 359 g/mol. The molecule has 26 heavy (non-hydrogen) atoms. The van der Waals surface area contributed by atoms with Gasteiger partial charge in [-0.15, -0.1) is 0 Å². The Morgan fingerprint density at radius 1 is 0.962 bits per heavy atom. The van der Waals surface area contributed by atoms with E-state index in [1.165, 1.54) is 56.9 Å². The van der Waals surface area contributed by atoms with Crippen LogP contribution in [0.3, 0.4) is 0 Å². The summed E-state index contributed by atoms with van der Waals surface area (Å²) in [5.41, 5.74) is 2.35. The molecule has 1 aromatic carbocycles. The predicted molar refractivity (Wildman–Crippen MR) is 110 cm³/mol. The van der Waals surface area contributed by atoms with Crippen LogP contribution >= 0.6 is 0 Å². The van der Waals surface area contributed by atoms with Gasteiger partial charge in [0, 0.05) is 18.3 Å². The van der Waals surface area contributed by atoms with Gasteiger partial charge in [0.15, 0.2) is 5.78 Å². The Kier molecular flexibility index (Phi) is 12.6. The fourth-order valence-electron chi connectivity index (χ4n) is 3.36. The van der Waals surface area contributed by atoms with Gasteiger partial charge in [0.05, 0.1) is 0 Å². The fourth-order valence-corrected chi connectivity index (χ4v) is 3.36. The zero-order chi connectivity index (χ0) is 19.0. The molecule has 2 N–H and O–H groups in total. The van der Waals surface area contributed by atoms with Gasteiger partial charge in [-0.3, -0.25) is 4.79 Å². The normalized spacial score (nSPS) is 12.8. The molecule has 0 aliphatic rings. The third kappa shape index (κ3) is 11.9. The van der Waals surface area contributed by atoms with Gasteiger partial charge < -0.3 is 10.4 Å². The smallest absolute Gasteiger partial charge is 0.154 e. The van der Waals surface area contributed by atoms with Crippen LogP contribution in [0.25, 0.3) is 0 Å². The molecule has 0 heterocycles. The summed E-state index contributed by atoms with van der Waals surface area (Å²) < 4.78 is 0. The standard InChI is InChI=1S/C23H37NO2/c1-20(19-21(2)26)24-23(17-18-25)16-12-7-5-3-4-6-9-13-22-14-10-8-11-15-22/h8,10-11,14-15,19,23-25H,3-7,9,12-13,16-18H2,1-2H3/b20-19+/t23-/m0/s1. The second-order valence-electron chi connectivity index (χ2n) is 7.29. The molecule has 0 aliphatic carbocycles. The third-order valence-corrected chi connectivity index (χ3v) is 4.69. The maximum absolute atomic E-state index is 11.1. The maximum atomic E-state index is 11.1. The number of hydrogen-bond donors (Lipinski definition) is 2. The minimum atomic E-state index is 0.0602. The quantitative estimate of drug-likeness (QED) is 0.335. The van der Waals surface area contributed by atoms with E-state index >= 15 is 0 Å². The molecule has 1 rings (SSSR count). The number of unbranched alkanes of at least 4 members (excludes halogenated alkanes) is 6. The van der Waals surface area contributed by atoms with E-state index in [-0.39, 0.29) is 18.4 Å². The first-order chi connectivity index (χ1) is 12.6. The van der Waals surface area contributed by atoms with Gasteiger partial charge >= 0.3 is 0 Å². The van der Waals surface area contributed by atoms with Gasteiger partial charge in [-0.1, -0.05) is 68.9 Å². The molecule has 3 nitrogen and oxygen atoms in total. The largest absolute Gasteiger partial charge is 0.396 e. The van der Waals surface area contributed by atoms with Crippen LogP contribution < -0.4 is 5.32 Å². The topological polar surface area (TPSA) is 49.3 Å². The number of carbonyl (C=O) groups is 1. The number of nitrogens with one attached hydrogen (secondary N) is 1. The third-order valence-electron chi connectivity index (χ3n) is 4.69. The lowest BCUT2D eigenvalue weighted by Gasteiger charge is -2.19. The van der Waals surface area contributed by atoms with Crippen LogP contribution in [-0.2, 0) is 11.2 Å². The molecular formula is C23H37NO2. The van der Waals surface area contributed by atoms with Crippen molar-refractivity contribution in [2.24, 2.45) is 0 Å². The van der Waals surface area contributed by atoms with Crippen molar-refractivity contribution in [3.05, 3.63) is 47.7 Å². The van der Waals surface area contributed by atoms with Crippen molar-refractivity contribution in [2.45, 2.75) is 84.1 Å². The SMILES string of the molecule is CC(=O)/C=C(\C)N[C@H](CCO)CCCCCCCCCc1ccccc1. The van der Waals surface area contributed by atoms with E-state index in [2.05, 4.69) is 35.6 Å². The fraction of sp³-hybridized carbons (Fsp3) is 0.609. The number of aliphatic hydroxyl groups excluding tert-OH is 1. The molecular weight excluding hydrogens is 322 g/mol. The van der Waals surface area contributed by atoms with E-state index in [1.807, 2.05) is 6.92 Å². The molecule has 3 heteroatoms. The van der Waals surface area contributed by atoms with Crippen molar-refractivity contribution < 1.29 is 9.90 Å². The van der Waals surface area contributed by atoms with Gasteiger partial charge in [-0.05, 0) is 51.2 Å². The van der Waals surface area contributed by atoms with Crippen molar-refractivity contribution in [3.8, 4) is 0 Å². The van der Waals surface area contributed by atoms with E-state index in [9.17, 15) is 9.90 Å². The van der Waals surface area contributed by atoms with Crippen LogP contribution in [0.15, 0.2) is 42.1 Å². The van der Waals surface area contributed by atoms with Crippen LogP contribution in [0.1, 0.15) is 77.2 Å². The summed E-state index contributed by atoms with van der Waals surface area (Å²) in [6.07, 6.45) is 13.6. The number of ketones is 1. The van der Waals surface area contributed by atoms with Crippen molar-refractivity contribution in [1.82, 2.24) is 5.32 Å². The lowest BCUT2D eigenvalue weighted by atomic mass is 10.0. The highest BCUT2D eigenvalue weighted by Crippen LogP contribution is 2.13. The van der Waals surface area contributed by atoms with Crippen LogP contribution in [0.5, 0.6) is 0 Å². The van der Waals surface area contributed by atoms with Crippen molar-refractivity contribution in [1.29, 1.82) is 0 Å². The first-order valence-electron chi connectivity index (χ1n) is 10.2. The van der Waals surface area contributed by atoms with Gasteiger partial charge in [0.25, 0.3) is 0 Å². The molecule has 0 saturated carbocycles. The minimum Gasteiger partial charge on any atom is -0.396 e. The Morgan fingerprint density at radius 2 is 1.58 bits per heavy atom. The minimum absolute atomic E-state index is 0.0602. The van der Waals surface area contributed by atoms with E-state index in [4.69, 9.17) is 0 Å². The average molecular weight is 360 g/mol. The van der Waals surface area contributed by atoms with Crippen LogP contribution in [-0.4, -0.2) is 23.5 Å². The van der Waals surface area contributed by atoms with Crippen LogP contribution in [0, 0.1) is 0 Å². The highest BCUT2D eigenvalue weighted by molar-refractivity contribution is 5.87. The van der Waals surface area contributed by atoms with Crippen LogP contribution in [0.2, 0.25) is 0 Å². The molecule has 0 radical (unpaired) electrons. The zero-order valence-electron chi connectivity index (χ0n) is 16.7. The van der Waals surface area contributed by atoms with Gasteiger partial charge in [0.1, 0.15) is 0 Å². The molecule has 0 saturated heterocycles. The first-order valence-corrected chi connectivity index (χ1v) is 10.2. The number of benzene rings is 1. The Labute approximate surface area is 159 Å². The Morgan fingerprint density at radius 3 is 2.19 bits per heavy atom. The average Bonchev–Trinajstić information content (AvgIpc) is 2.60. The Hall–Kier alpha value is -1.61. The van der Waals surface area contributed by atoms with E-state index in [0.717, 1.165) is 18.5 Å². The molecule has 0 fully saturated rings. The highest BCUT2D eigenvalue weighted by atomic mass is 16.3. The first kappa shape index (κ1) is 22.4. The van der Waals surface area contributed by atoms with Gasteiger partial charge in [0.2, 0.25) is 0 Å². The summed E-state index contributed by atoms with van der Waals surface area (Å²) in [6, 6.07) is 11.0. The Bertz CT molecular complexity index is 510. The molecule has 0 aromatic heterocycles. The summed E-state index contributed by atoms with van der Waals surface area (Å²) in [5, 5.41) is 12.6. The summed E-state index contributed by atoms with van der Waals surface area (Å²) in [5.74, 6) is 0.0602. The molecule has 0 amide bonds. The predicted octanol–water partition coefficient (Wildman–Crippen LogP) is 5.18. The lowest BCUT2D eigenvalue weighted by molar-refractivity contribution is -0.112. The van der Waals surface area contributed by atoms with Crippen LogP contribution in [0.4, 0.5) is 0 Å². The summed E-state index contributed by atoms with van der Waals surface area (Å²) >= 11 is 0. The Balaban J connectivity index is 2.04. The lowest BCUT2D eigenvalue weighted by Crippen LogP contribution is -2.28. The van der Waals surface area contributed by atoms with E-state index in [0.29, 0.717) is 0 Å². The second-order valence-corrected chi connectivity index (χ2v) is 7.29. The van der Waals surface area contributed by atoms with Crippen molar-refractivity contribution in [2.75, 3.05) is 6.61 Å². The number of rotatable bonds is 15. The molecule has 1 atom stereocenters. The van der Waals surface area contributed by atoms with E-state index < -0.39 is 0 Å². The highest BCUT2D eigenvalue weighted by Gasteiger charge is 2.08. The number of aryl methyl sites for hydroxylation is 1. The molecule has 0 bridgehead atoms. The van der Waals surface area contributed by atoms with Crippen molar-refractivity contribution in [3.63, 3.8) is 0 Å². The zero-order valence-corrected chi connectivity index (χ0v) is 16.7. The molecule has 0 unspecified atom stereocenters. The molecule has 0 aliphatic heterocycles. The number of aliphatic hydroxyl groups is 1. The molecule has 146 valence electrons. The number of hydrogen-bond acceptors (Lipinski definition) is 3. The number of allylic oxidation sites excluding steroid dienone is 2. The molecule has 0 spiro atoms. The van der Waals surface area contributed by atoms with Gasteiger partial charge in [-0.25, -0.2) is 0 Å². The summed E-state index contributed by atoms with van der Waals surface area (Å²) in [4.78, 5) is 11.1. The maximum Gasteiger partial charge on any atom is 0.154 e. The van der Waals surface area contributed by atoms with E-state index in [1.54, 1.807) is 13.0 Å². The number of carbonyl (C=O) groups excluding carboxylic acids is 1. The van der Waals surface area contributed by atoms with Gasteiger partial charge in [-0.2, -0.15) is 0 Å². The summed E-state index contributed by atoms with van der Waals surface area (Å²) in [7, 11) is 0. The molecule has 1 aromatic rings. The van der Waals surface area contributed by atoms with Crippen molar-refractivity contribution >= 4 is 5.78 Å². The summed E-state index contributed by atoms with van der Waals surface area (Å²) in [6.45, 7) is 3.67. The second kappa shape index (κ2) is 14.5.